The van der Waals surface area contributed by atoms with E-state index in [1.807, 2.05) is 13.8 Å². The van der Waals surface area contributed by atoms with Crippen molar-refractivity contribution in [1.29, 1.82) is 0 Å². The van der Waals surface area contributed by atoms with Gasteiger partial charge in [-0.2, -0.15) is 0 Å². The molecule has 1 saturated carbocycles. The van der Waals surface area contributed by atoms with E-state index in [1.165, 1.54) is 6.42 Å². The van der Waals surface area contributed by atoms with Crippen molar-refractivity contribution in [3.05, 3.63) is 0 Å². The molecule has 2 fully saturated rings. The first kappa shape index (κ1) is 8.06. The number of rotatable bonds is 0. The smallest absolute Gasteiger partial charge is 0.0105 e. The molecule has 10 heavy (non-hydrogen) atoms. The standard InChI is InChI=1S/C7H13N.C2H6/c1-4-5(2)8-7-3-6(4)7;1-2/h4-8H,3H2,1-2H3;1-2H3. The fourth-order valence-electron chi connectivity index (χ4n) is 1.85. The zero-order chi connectivity index (χ0) is 7.72. The molecule has 60 valence electrons. The number of piperidine rings is 1. The van der Waals surface area contributed by atoms with E-state index in [-0.39, 0.29) is 0 Å². The summed E-state index contributed by atoms with van der Waals surface area (Å²) in [5, 5.41) is 3.54. The van der Waals surface area contributed by atoms with Crippen LogP contribution in [0.25, 0.3) is 0 Å². The van der Waals surface area contributed by atoms with E-state index >= 15 is 0 Å². The molecule has 2 aliphatic rings. The van der Waals surface area contributed by atoms with Crippen LogP contribution in [0.2, 0.25) is 0 Å². The quantitative estimate of drug-likeness (QED) is 0.544. The van der Waals surface area contributed by atoms with Crippen LogP contribution in [-0.2, 0) is 0 Å². The molecule has 2 rings (SSSR count). The predicted molar refractivity (Wildman–Crippen MR) is 45.0 cm³/mol. The lowest BCUT2D eigenvalue weighted by molar-refractivity contribution is 0.445. The molecule has 1 N–H and O–H groups in total. The van der Waals surface area contributed by atoms with Gasteiger partial charge in [0.05, 0.1) is 0 Å². The van der Waals surface area contributed by atoms with E-state index in [4.69, 9.17) is 0 Å². The highest BCUT2D eigenvalue weighted by molar-refractivity contribution is 5.05. The third-order valence-corrected chi connectivity index (χ3v) is 2.78. The second kappa shape index (κ2) is 2.91. The largest absolute Gasteiger partial charge is 0.311 e. The van der Waals surface area contributed by atoms with Gasteiger partial charge in [-0.25, -0.2) is 0 Å². The Labute approximate surface area is 64.2 Å². The number of hydrogen-bond donors (Lipinski definition) is 1. The minimum absolute atomic E-state index is 0.791. The van der Waals surface area contributed by atoms with Crippen LogP contribution < -0.4 is 5.32 Å². The summed E-state index contributed by atoms with van der Waals surface area (Å²) < 4.78 is 0. The molecular weight excluding hydrogens is 122 g/mol. The lowest BCUT2D eigenvalue weighted by Crippen LogP contribution is -2.26. The van der Waals surface area contributed by atoms with Crippen molar-refractivity contribution in [2.24, 2.45) is 11.8 Å². The summed E-state index contributed by atoms with van der Waals surface area (Å²) in [4.78, 5) is 0. The van der Waals surface area contributed by atoms with Crippen LogP contribution in [0.5, 0.6) is 0 Å². The molecule has 1 saturated heterocycles. The van der Waals surface area contributed by atoms with E-state index in [0.717, 1.165) is 23.9 Å². The molecule has 0 bridgehead atoms. The molecule has 1 aliphatic carbocycles. The fourth-order valence-corrected chi connectivity index (χ4v) is 1.85. The van der Waals surface area contributed by atoms with Crippen molar-refractivity contribution in [3.8, 4) is 0 Å². The van der Waals surface area contributed by atoms with Gasteiger partial charge in [0.1, 0.15) is 0 Å². The third-order valence-electron chi connectivity index (χ3n) is 2.78. The first-order valence-corrected chi connectivity index (χ1v) is 4.55. The van der Waals surface area contributed by atoms with Crippen LogP contribution in [0.1, 0.15) is 34.1 Å². The number of nitrogens with one attached hydrogen (secondary N) is 1. The summed E-state index contributed by atoms with van der Waals surface area (Å²) in [6, 6.07) is 1.71. The van der Waals surface area contributed by atoms with Gasteiger partial charge in [0.2, 0.25) is 0 Å². The first-order valence-electron chi connectivity index (χ1n) is 4.55. The van der Waals surface area contributed by atoms with Crippen molar-refractivity contribution in [1.82, 2.24) is 5.32 Å². The molecule has 1 nitrogen and oxygen atoms in total. The molecule has 1 heteroatoms. The van der Waals surface area contributed by atoms with E-state index < -0.39 is 0 Å². The maximum absolute atomic E-state index is 3.54. The van der Waals surface area contributed by atoms with Gasteiger partial charge >= 0.3 is 0 Å². The van der Waals surface area contributed by atoms with Crippen molar-refractivity contribution < 1.29 is 0 Å². The van der Waals surface area contributed by atoms with Gasteiger partial charge in [-0.3, -0.25) is 0 Å². The fraction of sp³-hybridized carbons (Fsp3) is 1.00. The van der Waals surface area contributed by atoms with Crippen molar-refractivity contribution >= 4 is 0 Å². The topological polar surface area (TPSA) is 12.0 Å². The summed E-state index contributed by atoms with van der Waals surface area (Å²) in [5.74, 6) is 1.99. The highest BCUT2D eigenvalue weighted by Gasteiger charge is 2.49. The Morgan fingerprint density at radius 2 is 1.80 bits per heavy atom. The van der Waals surface area contributed by atoms with Crippen LogP contribution in [0.4, 0.5) is 0 Å². The summed E-state index contributed by atoms with van der Waals surface area (Å²) >= 11 is 0. The van der Waals surface area contributed by atoms with E-state index in [1.54, 1.807) is 0 Å². The minimum atomic E-state index is 0.791. The SMILES string of the molecule is CC.CC1NC2CC2C1C. The zero-order valence-corrected chi connectivity index (χ0v) is 7.52. The molecule has 0 aromatic rings. The van der Waals surface area contributed by atoms with Crippen molar-refractivity contribution in [2.45, 2.75) is 46.2 Å². The Morgan fingerprint density at radius 1 is 1.20 bits per heavy atom. The summed E-state index contributed by atoms with van der Waals surface area (Å²) in [6.07, 6.45) is 1.45. The van der Waals surface area contributed by atoms with Gasteiger partial charge < -0.3 is 5.32 Å². The van der Waals surface area contributed by atoms with Gasteiger partial charge in [-0.15, -0.1) is 0 Å². The Balaban J connectivity index is 0.000000231. The molecule has 0 radical (unpaired) electrons. The minimum Gasteiger partial charge on any atom is -0.311 e. The predicted octanol–water partition coefficient (Wildman–Crippen LogP) is 2.03. The van der Waals surface area contributed by atoms with Crippen molar-refractivity contribution in [3.63, 3.8) is 0 Å². The van der Waals surface area contributed by atoms with Gasteiger partial charge in [0, 0.05) is 12.1 Å². The summed E-state index contributed by atoms with van der Waals surface area (Å²) in [5.41, 5.74) is 0. The lowest BCUT2D eigenvalue weighted by Gasteiger charge is -2.11. The second-order valence-corrected chi connectivity index (χ2v) is 3.32. The first-order chi connectivity index (χ1) is 4.79. The normalized spacial score (nSPS) is 49.2. The third kappa shape index (κ3) is 1.20. The van der Waals surface area contributed by atoms with E-state index in [9.17, 15) is 0 Å². The maximum Gasteiger partial charge on any atom is 0.0105 e. The van der Waals surface area contributed by atoms with E-state index in [0.29, 0.717) is 0 Å². The second-order valence-electron chi connectivity index (χ2n) is 3.32. The van der Waals surface area contributed by atoms with Crippen LogP contribution in [0.3, 0.4) is 0 Å². The highest BCUT2D eigenvalue weighted by atomic mass is 15.1. The average molecular weight is 141 g/mol. The summed E-state index contributed by atoms with van der Waals surface area (Å²) in [7, 11) is 0. The van der Waals surface area contributed by atoms with Gasteiger partial charge in [-0.05, 0) is 25.2 Å². The Morgan fingerprint density at radius 3 is 2.00 bits per heavy atom. The van der Waals surface area contributed by atoms with Crippen LogP contribution in [-0.4, -0.2) is 12.1 Å². The average Bonchev–Trinajstić information content (AvgIpc) is 2.65. The number of hydrogen-bond acceptors (Lipinski definition) is 1. The Hall–Kier alpha value is -0.0400. The van der Waals surface area contributed by atoms with Crippen LogP contribution in [0, 0.1) is 11.8 Å². The summed E-state index contributed by atoms with van der Waals surface area (Å²) in [6.45, 7) is 8.64. The van der Waals surface area contributed by atoms with Gasteiger partial charge in [-0.1, -0.05) is 20.8 Å². The lowest BCUT2D eigenvalue weighted by atomic mass is 10.0. The molecule has 0 aromatic carbocycles. The molecule has 0 spiro atoms. The molecule has 4 atom stereocenters. The Bertz CT molecular complexity index is 109. The van der Waals surface area contributed by atoms with Crippen LogP contribution >= 0.6 is 0 Å². The van der Waals surface area contributed by atoms with Gasteiger partial charge in [0.25, 0.3) is 0 Å². The van der Waals surface area contributed by atoms with E-state index in [2.05, 4.69) is 19.2 Å². The molecule has 4 unspecified atom stereocenters. The monoisotopic (exact) mass is 141 g/mol. The molecule has 0 aromatic heterocycles. The number of fused-ring (bicyclic) bond motifs is 1. The molecule has 1 aliphatic heterocycles. The molecular formula is C9H19N. The van der Waals surface area contributed by atoms with Gasteiger partial charge in [0.15, 0.2) is 0 Å². The molecule has 1 heterocycles. The maximum atomic E-state index is 3.54. The van der Waals surface area contributed by atoms with Crippen LogP contribution in [0.15, 0.2) is 0 Å². The van der Waals surface area contributed by atoms with Crippen molar-refractivity contribution in [2.75, 3.05) is 0 Å². The molecule has 0 amide bonds. The highest BCUT2D eigenvalue weighted by Crippen LogP contribution is 2.44. The zero-order valence-electron chi connectivity index (χ0n) is 7.52. The Kier molecular flexibility index (Phi) is 2.35.